The maximum Gasteiger partial charge on any atom is 0.134 e. The smallest absolute Gasteiger partial charge is 0.134 e. The van der Waals surface area contributed by atoms with E-state index in [-0.39, 0.29) is 5.78 Å². The molecule has 0 aliphatic rings. The maximum atomic E-state index is 10.9. The minimum atomic E-state index is 0.176. The SMILES string of the molecule is CC(=O)Cc1ccc(C)cc1CCl. The van der Waals surface area contributed by atoms with Crippen LogP contribution in [0, 0.1) is 6.92 Å². The van der Waals surface area contributed by atoms with Gasteiger partial charge >= 0.3 is 0 Å². The van der Waals surface area contributed by atoms with Gasteiger partial charge in [-0.3, -0.25) is 4.79 Å². The number of aryl methyl sites for hydroxylation is 1. The van der Waals surface area contributed by atoms with Crippen LogP contribution in [0.2, 0.25) is 0 Å². The van der Waals surface area contributed by atoms with Gasteiger partial charge in [-0.05, 0) is 25.0 Å². The third-order valence-electron chi connectivity index (χ3n) is 1.95. The van der Waals surface area contributed by atoms with Gasteiger partial charge in [0.25, 0.3) is 0 Å². The topological polar surface area (TPSA) is 17.1 Å². The normalized spacial score (nSPS) is 10.1. The zero-order valence-corrected chi connectivity index (χ0v) is 8.69. The van der Waals surface area contributed by atoms with E-state index in [2.05, 4.69) is 0 Å². The molecule has 0 saturated carbocycles. The van der Waals surface area contributed by atoms with Crippen molar-refractivity contribution in [2.45, 2.75) is 26.1 Å². The number of rotatable bonds is 3. The molecule has 0 bridgehead atoms. The highest BCUT2D eigenvalue weighted by Gasteiger charge is 2.03. The Hall–Kier alpha value is -0.820. The molecule has 0 unspecified atom stereocenters. The van der Waals surface area contributed by atoms with Gasteiger partial charge in [0.2, 0.25) is 0 Å². The summed E-state index contributed by atoms with van der Waals surface area (Å²) >= 11 is 5.78. The van der Waals surface area contributed by atoms with Gasteiger partial charge in [-0.25, -0.2) is 0 Å². The van der Waals surface area contributed by atoms with Crippen LogP contribution in [0.25, 0.3) is 0 Å². The van der Waals surface area contributed by atoms with Crippen LogP contribution in [0.15, 0.2) is 18.2 Å². The molecule has 0 spiro atoms. The van der Waals surface area contributed by atoms with Crippen molar-refractivity contribution in [2.75, 3.05) is 0 Å². The summed E-state index contributed by atoms with van der Waals surface area (Å²) in [5.74, 6) is 0.653. The Kier molecular flexibility index (Phi) is 3.49. The fraction of sp³-hybridized carbons (Fsp3) is 0.364. The standard InChI is InChI=1S/C11H13ClO/c1-8-3-4-10(6-9(2)13)11(5-8)7-12/h3-5H,6-7H2,1-2H3. The van der Waals surface area contributed by atoms with Gasteiger partial charge < -0.3 is 0 Å². The molecule has 1 rings (SSSR count). The van der Waals surface area contributed by atoms with Crippen molar-refractivity contribution in [1.29, 1.82) is 0 Å². The molecule has 13 heavy (non-hydrogen) atoms. The third-order valence-corrected chi connectivity index (χ3v) is 2.23. The van der Waals surface area contributed by atoms with Crippen LogP contribution >= 0.6 is 11.6 Å². The van der Waals surface area contributed by atoms with E-state index >= 15 is 0 Å². The molecule has 0 saturated heterocycles. The lowest BCUT2D eigenvalue weighted by Crippen LogP contribution is -2.00. The highest BCUT2D eigenvalue weighted by molar-refractivity contribution is 6.17. The average molecular weight is 197 g/mol. The molecule has 70 valence electrons. The molecule has 0 aliphatic carbocycles. The van der Waals surface area contributed by atoms with Crippen LogP contribution in [-0.2, 0) is 17.1 Å². The van der Waals surface area contributed by atoms with Crippen LogP contribution in [0.4, 0.5) is 0 Å². The number of hydrogen-bond donors (Lipinski definition) is 0. The predicted molar refractivity (Wildman–Crippen MR) is 55.1 cm³/mol. The summed E-state index contributed by atoms with van der Waals surface area (Å²) in [7, 11) is 0. The quantitative estimate of drug-likeness (QED) is 0.680. The minimum absolute atomic E-state index is 0.176. The third kappa shape index (κ3) is 2.85. The zero-order chi connectivity index (χ0) is 9.84. The van der Waals surface area contributed by atoms with E-state index in [1.807, 2.05) is 25.1 Å². The summed E-state index contributed by atoms with van der Waals surface area (Å²) in [4.78, 5) is 10.9. The van der Waals surface area contributed by atoms with E-state index in [4.69, 9.17) is 11.6 Å². The first-order valence-corrected chi connectivity index (χ1v) is 4.80. The van der Waals surface area contributed by atoms with Gasteiger partial charge in [0, 0.05) is 12.3 Å². The monoisotopic (exact) mass is 196 g/mol. The summed E-state index contributed by atoms with van der Waals surface area (Å²) < 4.78 is 0. The van der Waals surface area contributed by atoms with Crippen LogP contribution in [-0.4, -0.2) is 5.78 Å². The number of carbonyl (C=O) groups is 1. The van der Waals surface area contributed by atoms with Crippen molar-refractivity contribution >= 4 is 17.4 Å². The number of ketones is 1. The first kappa shape index (κ1) is 10.3. The molecular formula is C11H13ClO. The number of halogens is 1. The highest BCUT2D eigenvalue weighted by atomic mass is 35.5. The Labute approximate surface area is 83.7 Å². The number of Topliss-reactive ketones (excluding diaryl/α,β-unsaturated/α-hetero) is 1. The van der Waals surface area contributed by atoms with Crippen molar-refractivity contribution in [1.82, 2.24) is 0 Å². The lowest BCUT2D eigenvalue weighted by Gasteiger charge is -2.05. The van der Waals surface area contributed by atoms with Gasteiger partial charge in [0.15, 0.2) is 0 Å². The molecule has 0 amide bonds. The Morgan fingerprint density at radius 3 is 2.62 bits per heavy atom. The first-order chi connectivity index (χ1) is 6.13. The second-order valence-electron chi connectivity index (χ2n) is 3.28. The summed E-state index contributed by atoms with van der Waals surface area (Å²) in [5.41, 5.74) is 3.30. The molecule has 0 aromatic heterocycles. The molecular weight excluding hydrogens is 184 g/mol. The molecule has 2 heteroatoms. The van der Waals surface area contributed by atoms with E-state index < -0.39 is 0 Å². The molecule has 1 aromatic rings. The van der Waals surface area contributed by atoms with Crippen molar-refractivity contribution in [2.24, 2.45) is 0 Å². The Bertz CT molecular complexity index is 318. The fourth-order valence-corrected chi connectivity index (χ4v) is 1.57. The molecule has 0 N–H and O–H groups in total. The summed E-state index contributed by atoms with van der Waals surface area (Å²) in [5, 5.41) is 0. The summed E-state index contributed by atoms with van der Waals surface area (Å²) in [6.45, 7) is 3.62. The Balaban J connectivity index is 2.99. The zero-order valence-electron chi connectivity index (χ0n) is 7.93. The lowest BCUT2D eigenvalue weighted by molar-refractivity contribution is -0.116. The van der Waals surface area contributed by atoms with Gasteiger partial charge in [0.1, 0.15) is 5.78 Å². The molecule has 0 aliphatic heterocycles. The molecule has 0 heterocycles. The van der Waals surface area contributed by atoms with Gasteiger partial charge in [0.05, 0.1) is 0 Å². The van der Waals surface area contributed by atoms with Crippen molar-refractivity contribution in [3.05, 3.63) is 34.9 Å². The van der Waals surface area contributed by atoms with Crippen molar-refractivity contribution in [3.8, 4) is 0 Å². The van der Waals surface area contributed by atoms with Crippen LogP contribution in [0.3, 0.4) is 0 Å². The van der Waals surface area contributed by atoms with E-state index in [0.717, 1.165) is 11.1 Å². The Morgan fingerprint density at radius 1 is 1.38 bits per heavy atom. The van der Waals surface area contributed by atoms with Crippen molar-refractivity contribution in [3.63, 3.8) is 0 Å². The second-order valence-corrected chi connectivity index (χ2v) is 3.55. The number of carbonyl (C=O) groups excluding carboxylic acids is 1. The highest BCUT2D eigenvalue weighted by Crippen LogP contribution is 2.14. The van der Waals surface area contributed by atoms with Crippen LogP contribution < -0.4 is 0 Å². The van der Waals surface area contributed by atoms with E-state index in [1.165, 1.54) is 5.56 Å². The number of hydrogen-bond acceptors (Lipinski definition) is 1. The average Bonchev–Trinajstić information content (AvgIpc) is 2.07. The molecule has 0 atom stereocenters. The largest absolute Gasteiger partial charge is 0.300 e. The molecule has 1 aromatic carbocycles. The lowest BCUT2D eigenvalue weighted by atomic mass is 10.0. The predicted octanol–water partition coefficient (Wildman–Crippen LogP) is 2.87. The summed E-state index contributed by atoms with van der Waals surface area (Å²) in [6.07, 6.45) is 0.488. The van der Waals surface area contributed by atoms with Crippen LogP contribution in [0.1, 0.15) is 23.6 Å². The fourth-order valence-electron chi connectivity index (χ4n) is 1.32. The minimum Gasteiger partial charge on any atom is -0.300 e. The summed E-state index contributed by atoms with van der Waals surface area (Å²) in [6, 6.07) is 6.02. The first-order valence-electron chi connectivity index (χ1n) is 4.27. The number of benzene rings is 1. The van der Waals surface area contributed by atoms with Gasteiger partial charge in [-0.15, -0.1) is 11.6 Å². The molecule has 1 nitrogen and oxygen atoms in total. The maximum absolute atomic E-state index is 10.9. The van der Waals surface area contributed by atoms with Gasteiger partial charge in [-0.1, -0.05) is 23.8 Å². The molecule has 0 radical (unpaired) electrons. The van der Waals surface area contributed by atoms with Gasteiger partial charge in [-0.2, -0.15) is 0 Å². The van der Waals surface area contributed by atoms with E-state index in [0.29, 0.717) is 12.3 Å². The Morgan fingerprint density at radius 2 is 2.08 bits per heavy atom. The van der Waals surface area contributed by atoms with E-state index in [1.54, 1.807) is 6.92 Å². The number of alkyl halides is 1. The second kappa shape index (κ2) is 4.43. The van der Waals surface area contributed by atoms with E-state index in [9.17, 15) is 4.79 Å². The molecule has 0 fully saturated rings. The van der Waals surface area contributed by atoms with Crippen LogP contribution in [0.5, 0.6) is 0 Å². The van der Waals surface area contributed by atoms with Crippen molar-refractivity contribution < 1.29 is 4.79 Å².